The van der Waals surface area contributed by atoms with Crippen LogP contribution in [0.15, 0.2) is 29.2 Å². The van der Waals surface area contributed by atoms with Gasteiger partial charge >= 0.3 is 5.97 Å². The largest absolute Gasteiger partial charge is 0.478 e. The number of hydrogen-bond acceptors (Lipinski definition) is 3. The molecular weight excluding hydrogens is 266 g/mol. The number of benzene rings is 1. The molecule has 0 radical (unpaired) electrons. The van der Waals surface area contributed by atoms with Gasteiger partial charge < -0.3 is 5.11 Å². The Bertz CT molecular complexity index is 578. The van der Waals surface area contributed by atoms with Crippen LogP contribution in [0.2, 0.25) is 0 Å². The summed E-state index contributed by atoms with van der Waals surface area (Å²) in [5, 5.41) is 9.09. The molecule has 5 nitrogen and oxygen atoms in total. The summed E-state index contributed by atoms with van der Waals surface area (Å²) in [5.74, 6) is -1.25. The summed E-state index contributed by atoms with van der Waals surface area (Å²) in [5.41, 5.74) is -0.786. The third kappa shape index (κ3) is 2.96. The summed E-state index contributed by atoms with van der Waals surface area (Å²) in [6, 6.07) is 5.64. The summed E-state index contributed by atoms with van der Waals surface area (Å²) in [6.45, 7) is 5.48. The van der Waals surface area contributed by atoms with E-state index in [1.807, 2.05) is 6.92 Å². The van der Waals surface area contributed by atoms with Crippen LogP contribution < -0.4 is 0 Å². The third-order valence-corrected chi connectivity index (χ3v) is 5.60. The first-order valence-corrected chi connectivity index (χ1v) is 7.40. The fourth-order valence-corrected chi connectivity index (χ4v) is 3.32. The Kier molecular flexibility index (Phi) is 4.37. The Morgan fingerprint density at radius 3 is 2.32 bits per heavy atom. The monoisotopic (exact) mass is 285 g/mol. The molecular formula is C13H19NO4S. The van der Waals surface area contributed by atoms with Crippen molar-refractivity contribution in [3.05, 3.63) is 29.8 Å². The van der Waals surface area contributed by atoms with Gasteiger partial charge in [0.15, 0.2) is 0 Å². The quantitative estimate of drug-likeness (QED) is 0.900. The molecule has 0 bridgehead atoms. The van der Waals surface area contributed by atoms with Gasteiger partial charge in [-0.25, -0.2) is 13.2 Å². The summed E-state index contributed by atoms with van der Waals surface area (Å²) in [7, 11) is -2.36. The van der Waals surface area contributed by atoms with Crippen molar-refractivity contribution in [2.24, 2.45) is 0 Å². The Balaban J connectivity index is 3.41. The molecule has 0 amide bonds. The number of carboxylic acids is 1. The highest BCUT2D eigenvalue weighted by Crippen LogP contribution is 2.27. The van der Waals surface area contributed by atoms with Gasteiger partial charge in [-0.1, -0.05) is 19.1 Å². The van der Waals surface area contributed by atoms with Crippen molar-refractivity contribution in [3.63, 3.8) is 0 Å². The zero-order chi connectivity index (χ0) is 14.8. The molecule has 1 aromatic rings. The van der Waals surface area contributed by atoms with Crippen LogP contribution in [0.3, 0.4) is 0 Å². The molecule has 0 atom stereocenters. The van der Waals surface area contributed by atoms with Crippen molar-refractivity contribution in [2.45, 2.75) is 37.6 Å². The Labute approximate surface area is 113 Å². The van der Waals surface area contributed by atoms with Gasteiger partial charge in [-0.2, -0.15) is 4.31 Å². The van der Waals surface area contributed by atoms with E-state index in [1.54, 1.807) is 13.8 Å². The van der Waals surface area contributed by atoms with Crippen molar-refractivity contribution < 1.29 is 18.3 Å². The van der Waals surface area contributed by atoms with E-state index in [2.05, 4.69) is 0 Å². The molecule has 0 spiro atoms. The first-order chi connectivity index (χ1) is 8.64. The van der Waals surface area contributed by atoms with E-state index in [4.69, 9.17) is 5.11 Å². The van der Waals surface area contributed by atoms with Crippen molar-refractivity contribution >= 4 is 16.0 Å². The molecule has 0 unspecified atom stereocenters. The summed E-state index contributed by atoms with van der Waals surface area (Å²) in [4.78, 5) is 11.0. The van der Waals surface area contributed by atoms with Gasteiger partial charge in [0.25, 0.3) is 0 Å². The maximum atomic E-state index is 12.5. The van der Waals surface area contributed by atoms with Gasteiger partial charge in [-0.15, -0.1) is 0 Å². The van der Waals surface area contributed by atoms with Crippen molar-refractivity contribution in [1.29, 1.82) is 0 Å². The highest BCUT2D eigenvalue weighted by molar-refractivity contribution is 7.89. The minimum absolute atomic E-state index is 0.175. The number of sulfonamides is 1. The number of aromatic carboxylic acids is 1. The molecule has 1 aromatic carbocycles. The van der Waals surface area contributed by atoms with Crippen LogP contribution in [0.1, 0.15) is 37.6 Å². The second-order valence-corrected chi connectivity index (χ2v) is 6.88. The van der Waals surface area contributed by atoms with Gasteiger partial charge in [0.2, 0.25) is 10.0 Å². The lowest BCUT2D eigenvalue weighted by atomic mass is 10.0. The van der Waals surface area contributed by atoms with Crippen LogP contribution in [0.4, 0.5) is 0 Å². The van der Waals surface area contributed by atoms with Crippen LogP contribution in [-0.2, 0) is 10.0 Å². The molecule has 0 fully saturated rings. The van der Waals surface area contributed by atoms with Gasteiger partial charge in [0.05, 0.1) is 10.5 Å². The molecule has 0 heterocycles. The van der Waals surface area contributed by atoms with Gasteiger partial charge in [0, 0.05) is 12.6 Å². The molecule has 19 heavy (non-hydrogen) atoms. The van der Waals surface area contributed by atoms with Gasteiger partial charge in [0.1, 0.15) is 0 Å². The standard InChI is InChI=1S/C13H19NO4S/c1-5-13(2,3)14(4)19(17,18)11-9-7-6-8-10(11)12(15)16/h6-9H,5H2,1-4H3,(H,15,16). The molecule has 0 saturated heterocycles. The minimum Gasteiger partial charge on any atom is -0.478 e. The van der Waals surface area contributed by atoms with E-state index >= 15 is 0 Å². The van der Waals surface area contributed by atoms with Crippen molar-refractivity contribution in [1.82, 2.24) is 4.31 Å². The molecule has 0 aliphatic heterocycles. The molecule has 106 valence electrons. The van der Waals surface area contributed by atoms with E-state index in [0.717, 1.165) is 0 Å². The molecule has 1 rings (SSSR count). The lowest BCUT2D eigenvalue weighted by Crippen LogP contribution is -2.44. The first-order valence-electron chi connectivity index (χ1n) is 5.96. The summed E-state index contributed by atoms with van der Waals surface area (Å²) >= 11 is 0. The predicted molar refractivity (Wildman–Crippen MR) is 72.7 cm³/mol. The van der Waals surface area contributed by atoms with Gasteiger partial charge in [-0.05, 0) is 32.4 Å². The summed E-state index contributed by atoms with van der Waals surface area (Å²) in [6.07, 6.45) is 0.623. The molecule has 0 aromatic heterocycles. The number of nitrogens with zero attached hydrogens (tertiary/aromatic N) is 1. The SMILES string of the molecule is CCC(C)(C)N(C)S(=O)(=O)c1ccccc1C(=O)O. The van der Waals surface area contributed by atoms with E-state index in [-0.39, 0.29) is 10.5 Å². The fraction of sp³-hybridized carbons (Fsp3) is 0.462. The van der Waals surface area contributed by atoms with E-state index in [1.165, 1.54) is 35.6 Å². The number of carboxylic acid groups (broad SMARTS) is 1. The van der Waals surface area contributed by atoms with Gasteiger partial charge in [-0.3, -0.25) is 0 Å². The third-order valence-electron chi connectivity index (χ3n) is 3.47. The van der Waals surface area contributed by atoms with Crippen LogP contribution in [0.25, 0.3) is 0 Å². The molecule has 0 aliphatic carbocycles. The van der Waals surface area contributed by atoms with E-state index in [9.17, 15) is 13.2 Å². The Hall–Kier alpha value is -1.40. The smallest absolute Gasteiger partial charge is 0.337 e. The van der Waals surface area contributed by atoms with Crippen LogP contribution in [-0.4, -0.2) is 36.4 Å². The maximum Gasteiger partial charge on any atom is 0.337 e. The minimum atomic E-state index is -3.83. The fourth-order valence-electron chi connectivity index (χ4n) is 1.56. The summed E-state index contributed by atoms with van der Waals surface area (Å²) < 4.78 is 26.3. The topological polar surface area (TPSA) is 74.7 Å². The lowest BCUT2D eigenvalue weighted by Gasteiger charge is -2.33. The van der Waals surface area contributed by atoms with Crippen LogP contribution >= 0.6 is 0 Å². The zero-order valence-corrected chi connectivity index (χ0v) is 12.4. The Morgan fingerprint density at radius 2 is 1.84 bits per heavy atom. The average molecular weight is 285 g/mol. The van der Waals surface area contributed by atoms with Crippen LogP contribution in [0.5, 0.6) is 0 Å². The highest BCUT2D eigenvalue weighted by Gasteiger charge is 2.34. The van der Waals surface area contributed by atoms with Crippen molar-refractivity contribution in [2.75, 3.05) is 7.05 Å². The Morgan fingerprint density at radius 1 is 1.32 bits per heavy atom. The zero-order valence-electron chi connectivity index (χ0n) is 11.5. The first kappa shape index (κ1) is 15.7. The number of carbonyl (C=O) groups is 1. The van der Waals surface area contributed by atoms with E-state index in [0.29, 0.717) is 6.42 Å². The van der Waals surface area contributed by atoms with Crippen molar-refractivity contribution in [3.8, 4) is 0 Å². The van der Waals surface area contributed by atoms with Crippen LogP contribution in [0, 0.1) is 0 Å². The second-order valence-electron chi connectivity index (χ2n) is 4.94. The molecule has 0 aliphatic rings. The highest BCUT2D eigenvalue weighted by atomic mass is 32.2. The number of rotatable bonds is 5. The second kappa shape index (κ2) is 5.30. The normalized spacial score (nSPS) is 12.7. The average Bonchev–Trinajstić information content (AvgIpc) is 2.37. The lowest BCUT2D eigenvalue weighted by molar-refractivity contribution is 0.0692. The molecule has 1 N–H and O–H groups in total. The molecule has 0 saturated carbocycles. The molecule has 6 heteroatoms. The number of hydrogen-bond donors (Lipinski definition) is 1. The maximum absolute atomic E-state index is 12.5. The van der Waals surface area contributed by atoms with E-state index < -0.39 is 21.5 Å². The predicted octanol–water partition coefficient (Wildman–Crippen LogP) is 2.19.